The van der Waals surface area contributed by atoms with Gasteiger partial charge in [-0.3, -0.25) is 14.4 Å². The molecule has 0 spiro atoms. The summed E-state index contributed by atoms with van der Waals surface area (Å²) in [7, 11) is 0. The molecular weight excluding hydrogens is 745 g/mol. The topological polar surface area (TPSA) is 78.9 Å². The molecule has 60 heavy (non-hydrogen) atoms. The highest BCUT2D eigenvalue weighted by Gasteiger charge is 2.19. The lowest BCUT2D eigenvalue weighted by Crippen LogP contribution is -2.30. The fraction of sp³-hybridized carbons (Fsp3) is 0.944. The van der Waals surface area contributed by atoms with Crippen LogP contribution >= 0.6 is 0 Å². The van der Waals surface area contributed by atoms with E-state index in [1.54, 1.807) is 0 Å². The fourth-order valence-corrected chi connectivity index (χ4v) is 8.13. The average Bonchev–Trinajstić information content (AvgIpc) is 3.23. The second-order valence-electron chi connectivity index (χ2n) is 19.2. The van der Waals surface area contributed by atoms with Crippen molar-refractivity contribution in [3.05, 3.63) is 0 Å². The SMILES string of the molecule is CCCCCCCCCCCCCCCCCCC(=O)OC[C@H](COC(=O)CCCCCCCCCCCCCC(C)C)OC(=O)CCCCCCCCCCC(C)CC. The number of carbonyl (C=O) groups is 3. The van der Waals surface area contributed by atoms with Crippen LogP contribution in [0, 0.1) is 11.8 Å². The Morgan fingerprint density at radius 3 is 0.950 bits per heavy atom. The minimum atomic E-state index is -0.762. The highest BCUT2D eigenvalue weighted by atomic mass is 16.6. The molecule has 0 rings (SSSR count). The van der Waals surface area contributed by atoms with E-state index in [0.29, 0.717) is 19.3 Å². The maximum absolute atomic E-state index is 12.8. The highest BCUT2D eigenvalue weighted by molar-refractivity contribution is 5.71. The Morgan fingerprint density at radius 2 is 0.633 bits per heavy atom. The van der Waals surface area contributed by atoms with Crippen LogP contribution in [0.3, 0.4) is 0 Å². The van der Waals surface area contributed by atoms with E-state index in [4.69, 9.17) is 14.2 Å². The first-order chi connectivity index (χ1) is 29.3. The molecular formula is C54H104O6. The van der Waals surface area contributed by atoms with Crippen molar-refractivity contribution in [2.75, 3.05) is 13.2 Å². The molecule has 1 unspecified atom stereocenters. The second-order valence-corrected chi connectivity index (χ2v) is 19.2. The van der Waals surface area contributed by atoms with Gasteiger partial charge in [-0.05, 0) is 31.1 Å². The molecule has 0 N–H and O–H groups in total. The third-order valence-corrected chi connectivity index (χ3v) is 12.6. The number of rotatable bonds is 48. The first-order valence-corrected chi connectivity index (χ1v) is 26.8. The third-order valence-electron chi connectivity index (χ3n) is 12.6. The van der Waals surface area contributed by atoms with Crippen LogP contribution < -0.4 is 0 Å². The summed E-state index contributed by atoms with van der Waals surface area (Å²) in [6, 6.07) is 0. The van der Waals surface area contributed by atoms with Crippen LogP contribution in [0.1, 0.15) is 298 Å². The van der Waals surface area contributed by atoms with Gasteiger partial charge in [0.1, 0.15) is 13.2 Å². The minimum Gasteiger partial charge on any atom is -0.462 e. The van der Waals surface area contributed by atoms with Crippen molar-refractivity contribution in [1.29, 1.82) is 0 Å². The van der Waals surface area contributed by atoms with E-state index in [2.05, 4.69) is 34.6 Å². The molecule has 0 amide bonds. The fourth-order valence-electron chi connectivity index (χ4n) is 8.13. The Morgan fingerprint density at radius 1 is 0.350 bits per heavy atom. The highest BCUT2D eigenvalue weighted by Crippen LogP contribution is 2.18. The van der Waals surface area contributed by atoms with Crippen LogP contribution in [0.15, 0.2) is 0 Å². The number of hydrogen-bond donors (Lipinski definition) is 0. The smallest absolute Gasteiger partial charge is 0.306 e. The number of unbranched alkanes of at least 4 members (excludes halogenated alkanes) is 32. The molecule has 0 aromatic rings. The van der Waals surface area contributed by atoms with Crippen molar-refractivity contribution in [1.82, 2.24) is 0 Å². The maximum atomic E-state index is 12.8. The van der Waals surface area contributed by atoms with Crippen LogP contribution in [0.2, 0.25) is 0 Å². The number of hydrogen-bond acceptors (Lipinski definition) is 6. The van der Waals surface area contributed by atoms with Gasteiger partial charge >= 0.3 is 17.9 Å². The van der Waals surface area contributed by atoms with E-state index in [9.17, 15) is 14.4 Å². The zero-order valence-corrected chi connectivity index (χ0v) is 41.1. The van der Waals surface area contributed by atoms with Crippen LogP contribution in [0.4, 0.5) is 0 Å². The number of carbonyl (C=O) groups excluding carboxylic acids is 3. The van der Waals surface area contributed by atoms with Gasteiger partial charge in [0.25, 0.3) is 0 Å². The Kier molecular flexibility index (Phi) is 45.7. The van der Waals surface area contributed by atoms with Gasteiger partial charge < -0.3 is 14.2 Å². The van der Waals surface area contributed by atoms with Crippen molar-refractivity contribution in [2.45, 2.75) is 304 Å². The van der Waals surface area contributed by atoms with Gasteiger partial charge in [0.2, 0.25) is 0 Å². The summed E-state index contributed by atoms with van der Waals surface area (Å²) >= 11 is 0. The minimum absolute atomic E-state index is 0.0638. The number of ether oxygens (including phenoxy) is 3. The summed E-state index contributed by atoms with van der Waals surface area (Å²) in [5, 5.41) is 0. The molecule has 0 aliphatic carbocycles. The Labute approximate surface area is 374 Å². The lowest BCUT2D eigenvalue weighted by atomic mass is 9.99. The monoisotopic (exact) mass is 849 g/mol. The molecule has 0 bridgehead atoms. The predicted octanol–water partition coefficient (Wildman–Crippen LogP) is 17.3. The van der Waals surface area contributed by atoms with E-state index in [1.165, 1.54) is 186 Å². The molecule has 0 aliphatic rings. The predicted molar refractivity (Wildman–Crippen MR) is 256 cm³/mol. The van der Waals surface area contributed by atoms with Crippen molar-refractivity contribution in [3.8, 4) is 0 Å². The maximum Gasteiger partial charge on any atom is 0.306 e. The van der Waals surface area contributed by atoms with Crippen LogP contribution in [-0.2, 0) is 28.6 Å². The zero-order valence-electron chi connectivity index (χ0n) is 41.1. The lowest BCUT2D eigenvalue weighted by Gasteiger charge is -2.18. The third kappa shape index (κ3) is 45.9. The summed E-state index contributed by atoms with van der Waals surface area (Å²) < 4.78 is 16.8. The molecule has 0 fully saturated rings. The van der Waals surface area contributed by atoms with Crippen molar-refractivity contribution < 1.29 is 28.6 Å². The average molecular weight is 849 g/mol. The standard InChI is InChI=1S/C54H104O6/c1-6-8-9-10-11-12-13-14-15-16-17-20-23-29-34-39-44-52(55)58-47-51(60-54(57)46-41-36-31-26-25-28-33-38-43-50(5)7-2)48-59-53(56)45-40-35-30-24-21-18-19-22-27-32-37-42-49(3)4/h49-51H,6-48H2,1-5H3/t50?,51-/m1/s1. The molecule has 0 radical (unpaired) electrons. The van der Waals surface area contributed by atoms with Crippen LogP contribution in [-0.4, -0.2) is 37.2 Å². The second kappa shape index (κ2) is 46.9. The Bertz CT molecular complexity index is 918. The van der Waals surface area contributed by atoms with Crippen molar-refractivity contribution in [2.24, 2.45) is 11.8 Å². The molecule has 0 aromatic heterocycles. The molecule has 0 saturated heterocycles. The summed E-state index contributed by atoms with van der Waals surface area (Å²) in [4.78, 5) is 38.0. The van der Waals surface area contributed by atoms with Gasteiger partial charge in [-0.1, -0.05) is 259 Å². The first kappa shape index (κ1) is 58.4. The van der Waals surface area contributed by atoms with E-state index in [1.807, 2.05) is 0 Å². The van der Waals surface area contributed by atoms with Crippen molar-refractivity contribution in [3.63, 3.8) is 0 Å². The van der Waals surface area contributed by atoms with E-state index in [-0.39, 0.29) is 31.1 Å². The molecule has 356 valence electrons. The quantitative estimate of drug-likeness (QED) is 0.0345. The van der Waals surface area contributed by atoms with Gasteiger partial charge in [-0.15, -0.1) is 0 Å². The summed E-state index contributed by atoms with van der Waals surface area (Å²) in [6.07, 6.45) is 48.0. The lowest BCUT2D eigenvalue weighted by molar-refractivity contribution is -0.167. The molecule has 0 aromatic carbocycles. The summed E-state index contributed by atoms with van der Waals surface area (Å²) in [5.74, 6) is 0.824. The molecule has 6 heteroatoms. The number of esters is 3. The molecule has 0 saturated carbocycles. The summed E-state index contributed by atoms with van der Waals surface area (Å²) in [5.41, 5.74) is 0. The first-order valence-electron chi connectivity index (χ1n) is 26.8. The largest absolute Gasteiger partial charge is 0.462 e. The molecule has 2 atom stereocenters. The Hall–Kier alpha value is -1.59. The van der Waals surface area contributed by atoms with Gasteiger partial charge in [0.05, 0.1) is 0 Å². The van der Waals surface area contributed by atoms with E-state index in [0.717, 1.165) is 69.6 Å². The zero-order chi connectivity index (χ0) is 44.0. The van der Waals surface area contributed by atoms with Crippen LogP contribution in [0.5, 0.6) is 0 Å². The van der Waals surface area contributed by atoms with Gasteiger partial charge in [-0.2, -0.15) is 0 Å². The van der Waals surface area contributed by atoms with Crippen molar-refractivity contribution >= 4 is 17.9 Å². The van der Waals surface area contributed by atoms with Gasteiger partial charge in [-0.25, -0.2) is 0 Å². The Balaban J connectivity index is 4.30. The normalized spacial score (nSPS) is 12.5. The molecule has 0 heterocycles. The van der Waals surface area contributed by atoms with E-state index >= 15 is 0 Å². The van der Waals surface area contributed by atoms with Gasteiger partial charge in [0, 0.05) is 19.3 Å². The van der Waals surface area contributed by atoms with Crippen LogP contribution in [0.25, 0.3) is 0 Å². The molecule has 0 aliphatic heterocycles. The summed E-state index contributed by atoms with van der Waals surface area (Å²) in [6.45, 7) is 11.4. The van der Waals surface area contributed by atoms with E-state index < -0.39 is 6.10 Å². The molecule has 6 nitrogen and oxygen atoms in total. The van der Waals surface area contributed by atoms with Gasteiger partial charge in [0.15, 0.2) is 6.10 Å².